The number of nitrogens with zero attached hydrogens (tertiary/aromatic N) is 1. The third-order valence-electron chi connectivity index (χ3n) is 2.36. The monoisotopic (exact) mass is 354 g/mol. The van der Waals surface area contributed by atoms with Crippen LogP contribution < -0.4 is 5.32 Å². The van der Waals surface area contributed by atoms with Gasteiger partial charge in [-0.25, -0.2) is 0 Å². The lowest BCUT2D eigenvalue weighted by Crippen LogP contribution is -2.12. The van der Waals surface area contributed by atoms with E-state index in [-0.39, 0.29) is 17.2 Å². The van der Waals surface area contributed by atoms with Crippen LogP contribution in [0.25, 0.3) is 0 Å². The summed E-state index contributed by atoms with van der Waals surface area (Å²) in [6.45, 7) is 1.85. The van der Waals surface area contributed by atoms with Crippen LogP contribution in [0.4, 0.5) is 5.69 Å². The van der Waals surface area contributed by atoms with Gasteiger partial charge in [0.1, 0.15) is 5.75 Å². The van der Waals surface area contributed by atoms with Crippen LogP contribution in [0.5, 0.6) is 5.75 Å². The fourth-order valence-corrected chi connectivity index (χ4v) is 2.00. The number of phenols is 1. The number of rotatable bonds is 2. The van der Waals surface area contributed by atoms with E-state index in [0.717, 1.165) is 9.26 Å². The zero-order valence-electron chi connectivity index (χ0n) is 9.64. The molecule has 2 rings (SSSR count). The second-order valence-corrected chi connectivity index (χ2v) is 5.05. The smallest absolute Gasteiger partial charge is 0.259 e. The van der Waals surface area contributed by atoms with Gasteiger partial charge in [-0.1, -0.05) is 0 Å². The van der Waals surface area contributed by atoms with Crippen LogP contribution in [-0.4, -0.2) is 16.0 Å². The minimum atomic E-state index is -0.336. The van der Waals surface area contributed by atoms with Gasteiger partial charge in [0.05, 0.1) is 5.56 Å². The molecule has 0 spiro atoms. The van der Waals surface area contributed by atoms with Crippen molar-refractivity contribution < 1.29 is 9.90 Å². The Hall–Kier alpha value is -1.63. The average Bonchev–Trinajstić information content (AvgIpc) is 2.32. The van der Waals surface area contributed by atoms with Gasteiger partial charge in [0.15, 0.2) is 0 Å². The number of aromatic hydroxyl groups is 1. The number of amides is 1. The molecule has 2 aromatic rings. The fraction of sp³-hybridized carbons (Fsp3) is 0.0769. The quantitative estimate of drug-likeness (QED) is 0.816. The summed E-state index contributed by atoms with van der Waals surface area (Å²) >= 11 is 2.09. The molecular formula is C13H11IN2O2. The second kappa shape index (κ2) is 5.34. The minimum absolute atomic E-state index is 0.0290. The highest BCUT2D eigenvalue weighted by atomic mass is 127. The normalized spacial score (nSPS) is 10.1. The molecule has 0 saturated heterocycles. The summed E-state index contributed by atoms with van der Waals surface area (Å²) in [5.74, 6) is -0.365. The van der Waals surface area contributed by atoms with Crippen LogP contribution in [0.3, 0.4) is 0 Å². The number of hydrogen-bond donors (Lipinski definition) is 2. The lowest BCUT2D eigenvalue weighted by Gasteiger charge is -2.07. The molecule has 0 unspecified atom stereocenters. The van der Waals surface area contributed by atoms with E-state index in [1.807, 2.05) is 6.92 Å². The summed E-state index contributed by atoms with van der Waals surface area (Å²) in [5.41, 5.74) is 1.74. The lowest BCUT2D eigenvalue weighted by molar-refractivity contribution is 0.102. The number of aromatic nitrogens is 1. The molecule has 0 aliphatic carbocycles. The first-order valence-corrected chi connectivity index (χ1v) is 6.36. The Kier molecular flexibility index (Phi) is 3.81. The summed E-state index contributed by atoms with van der Waals surface area (Å²) in [5, 5.41) is 12.4. The van der Waals surface area contributed by atoms with E-state index in [2.05, 4.69) is 32.9 Å². The molecule has 0 radical (unpaired) electrons. The van der Waals surface area contributed by atoms with Crippen LogP contribution in [0.15, 0.2) is 36.5 Å². The van der Waals surface area contributed by atoms with Gasteiger partial charge >= 0.3 is 0 Å². The number of benzene rings is 1. The summed E-state index contributed by atoms with van der Waals surface area (Å²) in [6, 6.07) is 8.36. The number of carbonyl (C=O) groups is 1. The van der Waals surface area contributed by atoms with Crippen molar-refractivity contribution in [3.63, 3.8) is 0 Å². The van der Waals surface area contributed by atoms with Crippen molar-refractivity contribution in [1.82, 2.24) is 4.98 Å². The zero-order valence-corrected chi connectivity index (χ0v) is 11.8. The Bertz CT molecular complexity index is 599. The molecule has 1 aromatic carbocycles. The molecule has 0 bridgehead atoms. The highest BCUT2D eigenvalue weighted by molar-refractivity contribution is 14.1. The predicted octanol–water partition coefficient (Wildman–Crippen LogP) is 2.95. The van der Waals surface area contributed by atoms with Gasteiger partial charge in [-0.3, -0.25) is 9.78 Å². The first-order chi connectivity index (χ1) is 8.56. The molecule has 0 atom stereocenters. The number of carbonyl (C=O) groups excluding carboxylic acids is 1. The Morgan fingerprint density at radius 3 is 2.83 bits per heavy atom. The summed E-state index contributed by atoms with van der Waals surface area (Å²) < 4.78 is 0.890. The van der Waals surface area contributed by atoms with E-state index < -0.39 is 0 Å². The molecule has 0 aliphatic rings. The molecule has 2 N–H and O–H groups in total. The van der Waals surface area contributed by atoms with Crippen LogP contribution >= 0.6 is 22.6 Å². The van der Waals surface area contributed by atoms with E-state index in [9.17, 15) is 9.90 Å². The molecule has 0 saturated carbocycles. The lowest BCUT2D eigenvalue weighted by atomic mass is 10.2. The second-order valence-electron chi connectivity index (χ2n) is 3.80. The number of anilines is 1. The molecular weight excluding hydrogens is 343 g/mol. The Morgan fingerprint density at radius 1 is 1.33 bits per heavy atom. The number of aryl methyl sites for hydroxylation is 1. The van der Waals surface area contributed by atoms with Crippen molar-refractivity contribution in [2.45, 2.75) is 6.92 Å². The molecule has 1 amide bonds. The van der Waals surface area contributed by atoms with Crippen molar-refractivity contribution in [2.75, 3.05) is 5.32 Å². The first-order valence-electron chi connectivity index (χ1n) is 5.29. The molecule has 18 heavy (non-hydrogen) atoms. The van der Waals surface area contributed by atoms with Crippen molar-refractivity contribution >= 4 is 34.2 Å². The largest absolute Gasteiger partial charge is 0.507 e. The van der Waals surface area contributed by atoms with Gasteiger partial charge in [0.25, 0.3) is 5.91 Å². The Labute approximate surface area is 118 Å². The maximum Gasteiger partial charge on any atom is 0.259 e. The molecule has 0 aliphatic heterocycles. The predicted molar refractivity (Wildman–Crippen MR) is 77.8 cm³/mol. The van der Waals surface area contributed by atoms with Crippen molar-refractivity contribution in [3.05, 3.63) is 51.4 Å². The van der Waals surface area contributed by atoms with Crippen molar-refractivity contribution in [3.8, 4) is 5.75 Å². The standard InChI is InChI=1S/C13H11IN2O2/c1-8-6-10(4-5-15-8)16-13(18)11-7-9(14)2-3-12(11)17/h2-7,17H,1H3,(H,15,16,18). The van der Waals surface area contributed by atoms with Gasteiger partial charge in [-0.05, 0) is 59.8 Å². The van der Waals surface area contributed by atoms with Crippen LogP contribution in [0.1, 0.15) is 16.1 Å². The minimum Gasteiger partial charge on any atom is -0.507 e. The SMILES string of the molecule is Cc1cc(NC(=O)c2cc(I)ccc2O)ccn1. The molecule has 92 valence electrons. The molecule has 5 heteroatoms. The fourth-order valence-electron chi connectivity index (χ4n) is 1.51. The van der Waals surface area contributed by atoms with Crippen molar-refractivity contribution in [1.29, 1.82) is 0 Å². The number of phenolic OH excluding ortho intramolecular Hbond substituents is 1. The third-order valence-corrected chi connectivity index (χ3v) is 3.03. The van der Waals surface area contributed by atoms with Gasteiger partial charge in [0.2, 0.25) is 0 Å². The first kappa shape index (κ1) is 12.8. The van der Waals surface area contributed by atoms with Crippen LogP contribution in [-0.2, 0) is 0 Å². The number of halogens is 1. The van der Waals surface area contributed by atoms with E-state index in [1.165, 1.54) is 6.07 Å². The average molecular weight is 354 g/mol. The summed E-state index contributed by atoms with van der Waals surface area (Å²) in [6.07, 6.45) is 1.62. The Balaban J connectivity index is 2.24. The van der Waals surface area contributed by atoms with Gasteiger partial charge in [-0.15, -0.1) is 0 Å². The molecule has 1 aromatic heterocycles. The van der Waals surface area contributed by atoms with E-state index in [0.29, 0.717) is 5.69 Å². The maximum atomic E-state index is 12.0. The van der Waals surface area contributed by atoms with Gasteiger partial charge in [-0.2, -0.15) is 0 Å². The third kappa shape index (κ3) is 2.98. The molecule has 0 fully saturated rings. The van der Waals surface area contributed by atoms with E-state index in [1.54, 1.807) is 30.5 Å². The van der Waals surface area contributed by atoms with Crippen molar-refractivity contribution in [2.24, 2.45) is 0 Å². The number of hydrogen-bond acceptors (Lipinski definition) is 3. The maximum absolute atomic E-state index is 12.0. The topological polar surface area (TPSA) is 62.2 Å². The van der Waals surface area contributed by atoms with E-state index >= 15 is 0 Å². The highest BCUT2D eigenvalue weighted by Crippen LogP contribution is 2.21. The number of pyridine rings is 1. The highest BCUT2D eigenvalue weighted by Gasteiger charge is 2.11. The van der Waals surface area contributed by atoms with Crippen LogP contribution in [0.2, 0.25) is 0 Å². The van der Waals surface area contributed by atoms with Crippen LogP contribution in [0, 0.1) is 10.5 Å². The number of nitrogens with one attached hydrogen (secondary N) is 1. The summed E-state index contributed by atoms with van der Waals surface area (Å²) in [7, 11) is 0. The van der Waals surface area contributed by atoms with Gasteiger partial charge in [0, 0.05) is 21.1 Å². The van der Waals surface area contributed by atoms with E-state index in [4.69, 9.17) is 0 Å². The Morgan fingerprint density at radius 2 is 2.11 bits per heavy atom. The zero-order chi connectivity index (χ0) is 13.1. The summed E-state index contributed by atoms with van der Waals surface area (Å²) in [4.78, 5) is 16.1. The molecule has 1 heterocycles. The van der Waals surface area contributed by atoms with Gasteiger partial charge < -0.3 is 10.4 Å². The molecule has 4 nitrogen and oxygen atoms in total.